The van der Waals surface area contributed by atoms with Crippen LogP contribution in [-0.2, 0) is 9.59 Å². The molecule has 12 heteroatoms. The molecule has 0 radical (unpaired) electrons. The van der Waals surface area contributed by atoms with Gasteiger partial charge < -0.3 is 21.1 Å². The Morgan fingerprint density at radius 2 is 1.41 bits per heavy atom. The van der Waals surface area contributed by atoms with Crippen molar-refractivity contribution in [2.75, 3.05) is 10.6 Å². The van der Waals surface area contributed by atoms with Crippen LogP contribution in [0.25, 0.3) is 6.08 Å². The summed E-state index contributed by atoms with van der Waals surface area (Å²) in [5.74, 6) is -2.64. The molecule has 224 valence electrons. The lowest BCUT2D eigenvalue weighted by atomic mass is 10.1. The monoisotopic (exact) mass is 667 g/mol. The third-order valence-electron chi connectivity index (χ3n) is 6.08. The predicted molar refractivity (Wildman–Crippen MR) is 176 cm³/mol. The average molecular weight is 669 g/mol. The molecule has 0 fully saturated rings. The summed E-state index contributed by atoms with van der Waals surface area (Å²) in [5.41, 5.74) is 1.27. The van der Waals surface area contributed by atoms with E-state index in [4.69, 9.17) is 34.8 Å². The normalized spacial score (nSPS) is 11.8. The molecule has 3 amide bonds. The van der Waals surface area contributed by atoms with Gasteiger partial charge in [-0.25, -0.2) is 4.79 Å². The highest BCUT2D eigenvalue weighted by molar-refractivity contribution is 8.00. The van der Waals surface area contributed by atoms with Gasteiger partial charge in [-0.2, -0.15) is 0 Å². The molecule has 0 aliphatic carbocycles. The Labute approximate surface area is 272 Å². The number of anilines is 2. The van der Waals surface area contributed by atoms with Crippen LogP contribution in [-0.4, -0.2) is 34.0 Å². The topological polar surface area (TPSA) is 125 Å². The van der Waals surface area contributed by atoms with Gasteiger partial charge in [0, 0.05) is 37.4 Å². The molecule has 4 rings (SSSR count). The number of nitrogens with one attached hydrogen (secondary N) is 3. The van der Waals surface area contributed by atoms with Crippen LogP contribution in [0.5, 0.6) is 0 Å². The van der Waals surface area contributed by atoms with Crippen molar-refractivity contribution in [1.29, 1.82) is 0 Å². The average Bonchev–Trinajstić information content (AvgIpc) is 3.00. The van der Waals surface area contributed by atoms with Crippen molar-refractivity contribution in [3.63, 3.8) is 0 Å². The van der Waals surface area contributed by atoms with Crippen LogP contribution in [0.15, 0.2) is 102 Å². The molecule has 0 aliphatic heterocycles. The van der Waals surface area contributed by atoms with Crippen molar-refractivity contribution >= 4 is 87.7 Å². The molecular formula is C32H24Cl3N3O5S. The van der Waals surface area contributed by atoms with E-state index in [0.717, 1.165) is 4.90 Å². The Morgan fingerprint density at radius 3 is 2.05 bits per heavy atom. The van der Waals surface area contributed by atoms with Crippen molar-refractivity contribution in [3.05, 3.63) is 128 Å². The SMILES string of the molecule is CC(Sc1ccc(NC(=O)/C(=C/c2c(Cl)cccc2Cl)NC(=O)c2ccccc2)cc1)C(=O)Nc1ccc(Cl)c(C(=O)O)c1. The number of hydrogen-bond donors (Lipinski definition) is 4. The number of carboxylic acid groups (broad SMARTS) is 1. The van der Waals surface area contributed by atoms with E-state index in [0.29, 0.717) is 32.5 Å². The first-order valence-corrected chi connectivity index (χ1v) is 15.0. The van der Waals surface area contributed by atoms with E-state index in [-0.39, 0.29) is 22.2 Å². The number of benzene rings is 4. The number of thioether (sulfide) groups is 1. The highest BCUT2D eigenvalue weighted by atomic mass is 35.5. The maximum atomic E-state index is 13.3. The van der Waals surface area contributed by atoms with Gasteiger partial charge in [0.25, 0.3) is 11.8 Å². The number of aromatic carboxylic acids is 1. The molecule has 4 aromatic rings. The van der Waals surface area contributed by atoms with Crippen LogP contribution in [0.2, 0.25) is 15.1 Å². The second-order valence-electron chi connectivity index (χ2n) is 9.24. The zero-order valence-corrected chi connectivity index (χ0v) is 26.0. The van der Waals surface area contributed by atoms with Gasteiger partial charge in [-0.15, -0.1) is 11.8 Å². The van der Waals surface area contributed by atoms with E-state index in [9.17, 15) is 24.3 Å². The molecule has 0 aliphatic rings. The Hall–Kier alpha value is -4.28. The van der Waals surface area contributed by atoms with Gasteiger partial charge in [0.15, 0.2) is 0 Å². The lowest BCUT2D eigenvalue weighted by Crippen LogP contribution is -2.30. The highest BCUT2D eigenvalue weighted by Crippen LogP contribution is 2.28. The maximum absolute atomic E-state index is 13.3. The van der Waals surface area contributed by atoms with E-state index in [1.54, 1.807) is 79.7 Å². The van der Waals surface area contributed by atoms with Gasteiger partial charge in [-0.05, 0) is 79.7 Å². The Balaban J connectivity index is 1.45. The van der Waals surface area contributed by atoms with E-state index in [1.165, 1.54) is 36.0 Å². The minimum atomic E-state index is -1.20. The van der Waals surface area contributed by atoms with E-state index < -0.39 is 23.0 Å². The van der Waals surface area contributed by atoms with E-state index in [2.05, 4.69) is 16.0 Å². The second kappa shape index (κ2) is 14.9. The fourth-order valence-electron chi connectivity index (χ4n) is 3.82. The molecule has 1 unspecified atom stereocenters. The summed E-state index contributed by atoms with van der Waals surface area (Å²) in [6.07, 6.45) is 1.41. The molecule has 8 nitrogen and oxygen atoms in total. The largest absolute Gasteiger partial charge is 0.478 e. The molecular weight excluding hydrogens is 645 g/mol. The van der Waals surface area contributed by atoms with E-state index in [1.807, 2.05) is 0 Å². The van der Waals surface area contributed by atoms with Gasteiger partial charge in [-0.1, -0.05) is 59.1 Å². The summed E-state index contributed by atoms with van der Waals surface area (Å²) >= 11 is 19.8. The van der Waals surface area contributed by atoms with Gasteiger partial charge in [-0.3, -0.25) is 14.4 Å². The molecule has 0 saturated carbocycles. The van der Waals surface area contributed by atoms with Crippen LogP contribution in [0.4, 0.5) is 11.4 Å². The lowest BCUT2D eigenvalue weighted by molar-refractivity contribution is -0.115. The summed E-state index contributed by atoms with van der Waals surface area (Å²) in [5, 5.41) is 17.5. The molecule has 1 atom stereocenters. The van der Waals surface area contributed by atoms with Gasteiger partial charge in [0.05, 0.1) is 15.8 Å². The third kappa shape index (κ3) is 8.64. The summed E-state index contributed by atoms with van der Waals surface area (Å²) in [6, 6.07) is 24.3. The first-order valence-electron chi connectivity index (χ1n) is 13.0. The summed E-state index contributed by atoms with van der Waals surface area (Å²) in [7, 11) is 0. The van der Waals surface area contributed by atoms with Crippen LogP contribution >= 0.6 is 46.6 Å². The third-order valence-corrected chi connectivity index (χ3v) is 8.18. The Kier molecular flexibility index (Phi) is 11.1. The van der Waals surface area contributed by atoms with Gasteiger partial charge >= 0.3 is 5.97 Å². The fourth-order valence-corrected chi connectivity index (χ4v) is 5.39. The standard InChI is InChI=1S/C32H24Cl3N3O5S/c1-18(29(39)37-21-12-15-27(35)24(16-21)32(42)43)44-22-13-10-20(11-14-22)36-31(41)28(17-23-25(33)8-5-9-26(23)34)38-30(40)19-6-3-2-4-7-19/h2-18H,1H3,(H,36,41)(H,37,39)(H,38,40)(H,42,43)/b28-17-. The molecule has 4 aromatic carbocycles. The highest BCUT2D eigenvalue weighted by Gasteiger charge is 2.19. The van der Waals surface area contributed by atoms with Crippen molar-refractivity contribution in [2.45, 2.75) is 17.1 Å². The second-order valence-corrected chi connectivity index (χ2v) is 11.9. The first-order chi connectivity index (χ1) is 21.0. The molecule has 0 spiro atoms. The lowest BCUT2D eigenvalue weighted by Gasteiger charge is -2.14. The minimum Gasteiger partial charge on any atom is -0.478 e. The zero-order valence-electron chi connectivity index (χ0n) is 22.9. The number of carbonyl (C=O) groups excluding carboxylic acids is 3. The van der Waals surface area contributed by atoms with Crippen molar-refractivity contribution in [1.82, 2.24) is 5.32 Å². The molecule has 0 bridgehead atoms. The fraction of sp³-hybridized carbons (Fsp3) is 0.0625. The van der Waals surface area contributed by atoms with E-state index >= 15 is 0 Å². The smallest absolute Gasteiger partial charge is 0.337 e. The molecule has 44 heavy (non-hydrogen) atoms. The van der Waals surface area contributed by atoms with Crippen molar-refractivity contribution in [3.8, 4) is 0 Å². The number of amides is 3. The first kappa shape index (κ1) is 32.6. The summed E-state index contributed by atoms with van der Waals surface area (Å²) in [6.45, 7) is 1.70. The summed E-state index contributed by atoms with van der Waals surface area (Å²) in [4.78, 5) is 51.0. The predicted octanol–water partition coefficient (Wildman–Crippen LogP) is 7.87. The quantitative estimate of drug-likeness (QED) is 0.101. The number of hydrogen-bond acceptors (Lipinski definition) is 5. The molecule has 0 heterocycles. The Morgan fingerprint density at radius 1 is 0.773 bits per heavy atom. The number of halogens is 3. The molecule has 0 saturated heterocycles. The van der Waals surface area contributed by atoms with Gasteiger partial charge in [0.1, 0.15) is 5.70 Å². The number of carbonyl (C=O) groups is 4. The van der Waals surface area contributed by atoms with Crippen LogP contribution in [0, 0.1) is 0 Å². The van der Waals surface area contributed by atoms with Crippen molar-refractivity contribution < 1.29 is 24.3 Å². The number of carboxylic acids is 1. The Bertz CT molecular complexity index is 1730. The molecule has 4 N–H and O–H groups in total. The summed E-state index contributed by atoms with van der Waals surface area (Å²) < 4.78 is 0. The van der Waals surface area contributed by atoms with Crippen LogP contribution in [0.1, 0.15) is 33.2 Å². The number of rotatable bonds is 10. The zero-order chi connectivity index (χ0) is 31.8. The molecule has 0 aromatic heterocycles. The van der Waals surface area contributed by atoms with Crippen LogP contribution < -0.4 is 16.0 Å². The minimum absolute atomic E-state index is 0.0685. The van der Waals surface area contributed by atoms with Crippen molar-refractivity contribution in [2.24, 2.45) is 0 Å². The maximum Gasteiger partial charge on any atom is 0.337 e. The van der Waals surface area contributed by atoms with Gasteiger partial charge in [0.2, 0.25) is 5.91 Å². The van der Waals surface area contributed by atoms with Crippen LogP contribution in [0.3, 0.4) is 0 Å².